The highest BCUT2D eigenvalue weighted by Gasteiger charge is 2.32. The first-order chi connectivity index (χ1) is 10.9. The second-order valence-electron chi connectivity index (χ2n) is 5.51. The molecule has 4 nitrogen and oxygen atoms in total. The molecule has 0 atom stereocenters. The summed E-state index contributed by atoms with van der Waals surface area (Å²) in [5, 5.41) is 3.17. The molecular weight excluding hydrogens is 309 g/mol. The van der Waals surface area contributed by atoms with Gasteiger partial charge in [0.25, 0.3) is 0 Å². The molecule has 1 aliphatic rings. The quantitative estimate of drug-likeness (QED) is 0.814. The number of rotatable bonds is 6. The fourth-order valence-corrected chi connectivity index (χ4v) is 2.42. The van der Waals surface area contributed by atoms with Gasteiger partial charge in [0.05, 0.1) is 24.3 Å². The Hall–Kier alpha value is -1.60. The predicted molar refractivity (Wildman–Crippen MR) is 80.9 cm³/mol. The second-order valence-corrected chi connectivity index (χ2v) is 5.51. The van der Waals surface area contributed by atoms with E-state index in [0.29, 0.717) is 26.1 Å². The van der Waals surface area contributed by atoms with Crippen molar-refractivity contribution in [2.45, 2.75) is 19.5 Å². The van der Waals surface area contributed by atoms with E-state index >= 15 is 0 Å². The summed E-state index contributed by atoms with van der Waals surface area (Å²) in [4.78, 5) is 14.4. The van der Waals surface area contributed by atoms with Crippen molar-refractivity contribution < 1.29 is 22.7 Å². The van der Waals surface area contributed by atoms with Crippen LogP contribution < -0.4 is 10.1 Å². The molecule has 1 aromatic carbocycles. The number of nitrogens with one attached hydrogen (secondary N) is 1. The van der Waals surface area contributed by atoms with Crippen molar-refractivity contribution in [2.24, 2.45) is 0 Å². The molecule has 1 aromatic rings. The van der Waals surface area contributed by atoms with Gasteiger partial charge in [-0.3, -0.25) is 9.69 Å². The zero-order chi connectivity index (χ0) is 16.9. The molecule has 0 saturated carbocycles. The Bertz CT molecular complexity index is 541. The molecule has 0 spiro atoms. The van der Waals surface area contributed by atoms with Gasteiger partial charge in [-0.25, -0.2) is 0 Å². The van der Waals surface area contributed by atoms with Crippen molar-refractivity contribution >= 4 is 5.78 Å². The van der Waals surface area contributed by atoms with E-state index in [4.69, 9.17) is 4.74 Å². The van der Waals surface area contributed by atoms with E-state index in [-0.39, 0.29) is 23.6 Å². The SMILES string of the molecule is CCCOc1ccc(C(F)(F)F)cc1C(=O)CN1CCNCC1. The molecule has 0 aliphatic carbocycles. The second kappa shape index (κ2) is 7.79. The van der Waals surface area contributed by atoms with E-state index in [0.717, 1.165) is 25.2 Å². The number of nitrogens with zero attached hydrogens (tertiary/aromatic N) is 1. The third kappa shape index (κ3) is 4.94. The number of Topliss-reactive ketones (excluding diaryl/α,β-unsaturated/α-hetero) is 1. The lowest BCUT2D eigenvalue weighted by Gasteiger charge is -2.26. The van der Waals surface area contributed by atoms with Crippen LogP contribution in [-0.4, -0.2) is 50.0 Å². The summed E-state index contributed by atoms with van der Waals surface area (Å²) in [5.41, 5.74) is -0.822. The standard InChI is InChI=1S/C16H21F3N2O2/c1-2-9-23-15-4-3-12(16(17,18)19)10-13(15)14(22)11-21-7-5-20-6-8-21/h3-4,10,20H,2,5-9,11H2,1H3. The van der Waals surface area contributed by atoms with E-state index in [1.54, 1.807) is 0 Å². The van der Waals surface area contributed by atoms with Crippen LogP contribution in [-0.2, 0) is 6.18 Å². The molecule has 23 heavy (non-hydrogen) atoms. The number of ketones is 1. The van der Waals surface area contributed by atoms with Gasteiger partial charge in [-0.1, -0.05) is 6.92 Å². The molecule has 128 valence electrons. The largest absolute Gasteiger partial charge is 0.493 e. The van der Waals surface area contributed by atoms with Gasteiger partial charge < -0.3 is 10.1 Å². The van der Waals surface area contributed by atoms with Crippen molar-refractivity contribution in [1.29, 1.82) is 0 Å². The van der Waals surface area contributed by atoms with Gasteiger partial charge in [0.15, 0.2) is 5.78 Å². The van der Waals surface area contributed by atoms with Crippen molar-refractivity contribution in [3.63, 3.8) is 0 Å². The summed E-state index contributed by atoms with van der Waals surface area (Å²) in [6.07, 6.45) is -3.76. The molecule has 0 amide bonds. The molecule has 0 unspecified atom stereocenters. The summed E-state index contributed by atoms with van der Waals surface area (Å²) in [7, 11) is 0. The van der Waals surface area contributed by atoms with Gasteiger partial charge in [0.1, 0.15) is 5.75 Å². The van der Waals surface area contributed by atoms with Crippen molar-refractivity contribution in [3.05, 3.63) is 29.3 Å². The van der Waals surface area contributed by atoms with Gasteiger partial charge in [-0.05, 0) is 24.6 Å². The molecular formula is C16H21F3N2O2. The van der Waals surface area contributed by atoms with Gasteiger partial charge in [0, 0.05) is 26.2 Å². The van der Waals surface area contributed by atoms with E-state index in [2.05, 4.69) is 5.32 Å². The first-order valence-corrected chi connectivity index (χ1v) is 7.72. The number of halogens is 3. The van der Waals surface area contributed by atoms with Crippen LogP contribution >= 0.6 is 0 Å². The molecule has 0 bridgehead atoms. The summed E-state index contributed by atoms with van der Waals surface area (Å²) < 4.78 is 44.2. The average molecular weight is 330 g/mol. The monoisotopic (exact) mass is 330 g/mol. The maximum Gasteiger partial charge on any atom is 0.416 e. The number of carbonyl (C=O) groups is 1. The lowest BCUT2D eigenvalue weighted by atomic mass is 10.0. The fraction of sp³-hybridized carbons (Fsp3) is 0.562. The van der Waals surface area contributed by atoms with Crippen LogP contribution in [0.5, 0.6) is 5.75 Å². The van der Waals surface area contributed by atoms with Crippen molar-refractivity contribution in [1.82, 2.24) is 10.2 Å². The molecule has 0 aromatic heterocycles. The number of alkyl halides is 3. The summed E-state index contributed by atoms with van der Waals surface area (Å²) >= 11 is 0. The topological polar surface area (TPSA) is 41.6 Å². The van der Waals surface area contributed by atoms with Crippen molar-refractivity contribution in [2.75, 3.05) is 39.3 Å². The van der Waals surface area contributed by atoms with Gasteiger partial charge in [0.2, 0.25) is 0 Å². The minimum atomic E-state index is -4.48. The molecule has 7 heteroatoms. The normalized spacial score (nSPS) is 16.3. The van der Waals surface area contributed by atoms with Crippen LogP contribution in [0.2, 0.25) is 0 Å². The van der Waals surface area contributed by atoms with Crippen LogP contribution in [0.15, 0.2) is 18.2 Å². The van der Waals surface area contributed by atoms with Crippen molar-refractivity contribution in [3.8, 4) is 5.75 Å². The number of carbonyl (C=O) groups excluding carboxylic acids is 1. The number of piperazine rings is 1. The minimum Gasteiger partial charge on any atom is -0.493 e. The van der Waals surface area contributed by atoms with Crippen LogP contribution in [0.1, 0.15) is 29.3 Å². The fourth-order valence-electron chi connectivity index (χ4n) is 2.42. The Balaban J connectivity index is 2.22. The Kier molecular flexibility index (Phi) is 6.01. The summed E-state index contributed by atoms with van der Waals surface area (Å²) in [5.74, 6) is -0.121. The number of benzene rings is 1. The zero-order valence-electron chi connectivity index (χ0n) is 13.1. The van der Waals surface area contributed by atoms with Gasteiger partial charge in [-0.15, -0.1) is 0 Å². The van der Waals surface area contributed by atoms with E-state index in [9.17, 15) is 18.0 Å². The predicted octanol–water partition coefficient (Wildman–Crippen LogP) is 2.58. The lowest BCUT2D eigenvalue weighted by Crippen LogP contribution is -2.45. The first kappa shape index (κ1) is 17.7. The third-order valence-corrected chi connectivity index (χ3v) is 3.65. The van der Waals surface area contributed by atoms with E-state index in [1.165, 1.54) is 6.07 Å². The van der Waals surface area contributed by atoms with Crippen LogP contribution in [0.4, 0.5) is 13.2 Å². The maximum atomic E-state index is 12.9. The zero-order valence-corrected chi connectivity index (χ0v) is 13.1. The lowest BCUT2D eigenvalue weighted by molar-refractivity contribution is -0.137. The Morgan fingerprint density at radius 3 is 2.61 bits per heavy atom. The molecule has 1 aliphatic heterocycles. The van der Waals surface area contributed by atoms with Crippen LogP contribution in [0.25, 0.3) is 0 Å². The minimum absolute atomic E-state index is 0.00630. The smallest absolute Gasteiger partial charge is 0.416 e. The third-order valence-electron chi connectivity index (χ3n) is 3.65. The molecule has 1 saturated heterocycles. The maximum absolute atomic E-state index is 12.9. The summed E-state index contributed by atoms with van der Waals surface area (Å²) in [6, 6.07) is 3.09. The number of hydrogen-bond donors (Lipinski definition) is 1. The Morgan fingerprint density at radius 1 is 1.30 bits per heavy atom. The highest BCUT2D eigenvalue weighted by atomic mass is 19.4. The Labute approximate surface area is 133 Å². The van der Waals surface area contributed by atoms with Gasteiger partial charge in [-0.2, -0.15) is 13.2 Å². The molecule has 0 radical (unpaired) electrons. The van der Waals surface area contributed by atoms with E-state index < -0.39 is 11.7 Å². The molecule has 1 fully saturated rings. The molecule has 2 rings (SSSR count). The molecule has 1 N–H and O–H groups in total. The van der Waals surface area contributed by atoms with Crippen LogP contribution in [0.3, 0.4) is 0 Å². The first-order valence-electron chi connectivity index (χ1n) is 7.72. The van der Waals surface area contributed by atoms with E-state index in [1.807, 2.05) is 11.8 Å². The average Bonchev–Trinajstić information content (AvgIpc) is 2.52. The number of hydrogen-bond acceptors (Lipinski definition) is 4. The Morgan fingerprint density at radius 2 is 2.00 bits per heavy atom. The number of ether oxygens (including phenoxy) is 1. The summed E-state index contributed by atoms with van der Waals surface area (Å²) in [6.45, 7) is 5.31. The molecule has 1 heterocycles. The van der Waals surface area contributed by atoms with Gasteiger partial charge >= 0.3 is 6.18 Å². The van der Waals surface area contributed by atoms with Crippen LogP contribution in [0, 0.1) is 0 Å². The highest BCUT2D eigenvalue weighted by Crippen LogP contribution is 2.33. The highest BCUT2D eigenvalue weighted by molar-refractivity contribution is 6.00.